The average Bonchev–Trinajstić information content (AvgIpc) is 2.62. The van der Waals surface area contributed by atoms with Crippen LogP contribution in [0.2, 0.25) is 0 Å². The zero-order chi connectivity index (χ0) is 17.7. The van der Waals surface area contributed by atoms with E-state index in [1.807, 2.05) is 12.1 Å². The van der Waals surface area contributed by atoms with Crippen LogP contribution in [0.4, 0.5) is 0 Å². The van der Waals surface area contributed by atoms with Crippen molar-refractivity contribution in [3.63, 3.8) is 0 Å². The summed E-state index contributed by atoms with van der Waals surface area (Å²) in [6, 6.07) is 12.4. The van der Waals surface area contributed by atoms with E-state index in [2.05, 4.69) is 79.0 Å². The highest BCUT2D eigenvalue weighted by Crippen LogP contribution is 2.51. The molecule has 4 aromatic carbocycles. The number of halogens is 3. The Hall–Kier alpha value is -1.56. The molecule has 0 radical (unpaired) electrons. The van der Waals surface area contributed by atoms with Gasteiger partial charge < -0.3 is 8.83 Å². The smallest absolute Gasteiger partial charge is 0.150 e. The van der Waals surface area contributed by atoms with Gasteiger partial charge in [-0.1, -0.05) is 31.9 Å². The molecule has 4 aromatic rings. The Kier molecular flexibility index (Phi) is 3.00. The lowest BCUT2D eigenvalue weighted by molar-refractivity contribution is 0.643. The zero-order valence-electron chi connectivity index (χ0n) is 13.4. The van der Waals surface area contributed by atoms with Gasteiger partial charge in [0.1, 0.15) is 22.3 Å². The third kappa shape index (κ3) is 1.77. The van der Waals surface area contributed by atoms with Crippen molar-refractivity contribution in [3.8, 4) is 11.1 Å². The molecule has 26 heavy (non-hydrogen) atoms. The van der Waals surface area contributed by atoms with Gasteiger partial charge in [-0.2, -0.15) is 0 Å². The Balaban J connectivity index is 2.06. The monoisotopic (exact) mass is 530 g/mol. The predicted molar refractivity (Wildman–Crippen MR) is 117 cm³/mol. The van der Waals surface area contributed by atoms with Gasteiger partial charge in [0, 0.05) is 41.6 Å². The Labute approximate surface area is 173 Å². The predicted octanol–water partition coefficient (Wildman–Crippen LogP) is 8.62. The SMILES string of the molecule is Cc1cc(Br)c2ccc3oc4c(Br)cc(Br)c5ccc6oc1c2c3-c6c54. The van der Waals surface area contributed by atoms with Crippen molar-refractivity contribution in [2.75, 3.05) is 0 Å². The van der Waals surface area contributed by atoms with Gasteiger partial charge in [0.15, 0.2) is 0 Å². The van der Waals surface area contributed by atoms with E-state index in [0.29, 0.717) is 0 Å². The minimum Gasteiger partial charge on any atom is -0.456 e. The van der Waals surface area contributed by atoms with Crippen LogP contribution in [0.15, 0.2) is 58.7 Å². The highest BCUT2D eigenvalue weighted by molar-refractivity contribution is 9.11. The molecule has 0 N–H and O–H groups in total. The summed E-state index contributed by atoms with van der Waals surface area (Å²) in [5, 5.41) is 4.43. The van der Waals surface area contributed by atoms with Crippen molar-refractivity contribution in [1.82, 2.24) is 0 Å². The van der Waals surface area contributed by atoms with Gasteiger partial charge >= 0.3 is 0 Å². The van der Waals surface area contributed by atoms with Crippen LogP contribution in [-0.4, -0.2) is 0 Å². The molecule has 0 atom stereocenters. The molecule has 2 aliphatic heterocycles. The standard InChI is InChI=1S/C21H9Br3O2/c1-8-6-11(22)9-2-5-15-18-16(9)20(8)25-14-4-3-10-12(23)7-13(24)21(26-15)17(10)19(14)18/h2-7H,1H3. The second-order valence-electron chi connectivity index (χ2n) is 6.60. The van der Waals surface area contributed by atoms with Crippen molar-refractivity contribution < 1.29 is 8.83 Å². The maximum atomic E-state index is 6.40. The van der Waals surface area contributed by atoms with E-state index >= 15 is 0 Å². The van der Waals surface area contributed by atoms with E-state index in [1.54, 1.807) is 0 Å². The van der Waals surface area contributed by atoms with Crippen molar-refractivity contribution in [1.29, 1.82) is 0 Å². The molecule has 0 bridgehead atoms. The van der Waals surface area contributed by atoms with Crippen LogP contribution < -0.4 is 0 Å². The lowest BCUT2D eigenvalue weighted by atomic mass is 9.89. The fraction of sp³-hybridized carbons (Fsp3) is 0.0476. The van der Waals surface area contributed by atoms with Crippen molar-refractivity contribution >= 4 is 91.7 Å². The molecule has 2 heterocycles. The van der Waals surface area contributed by atoms with Gasteiger partial charge in [-0.05, 0) is 64.8 Å². The first-order valence-electron chi connectivity index (χ1n) is 8.11. The van der Waals surface area contributed by atoms with E-state index in [9.17, 15) is 0 Å². The lowest BCUT2D eigenvalue weighted by Gasteiger charge is -2.21. The van der Waals surface area contributed by atoms with E-state index in [0.717, 1.165) is 74.0 Å². The fourth-order valence-corrected chi connectivity index (χ4v) is 6.11. The molecule has 0 fully saturated rings. The highest BCUT2D eigenvalue weighted by atomic mass is 79.9. The first-order chi connectivity index (χ1) is 12.5. The summed E-state index contributed by atoms with van der Waals surface area (Å²) >= 11 is 11.1. The van der Waals surface area contributed by atoms with Gasteiger partial charge in [0.25, 0.3) is 0 Å². The fourth-order valence-electron chi connectivity index (χ4n) is 4.06. The Morgan fingerprint density at radius 2 is 1.19 bits per heavy atom. The summed E-state index contributed by atoms with van der Waals surface area (Å²) in [5.41, 5.74) is 6.81. The van der Waals surface area contributed by atoms with E-state index in [-0.39, 0.29) is 0 Å². The summed E-state index contributed by atoms with van der Waals surface area (Å²) < 4.78 is 15.8. The molecule has 0 saturated carbocycles. The summed E-state index contributed by atoms with van der Waals surface area (Å²) in [6.45, 7) is 2.08. The molecule has 0 unspecified atom stereocenters. The van der Waals surface area contributed by atoms with Crippen LogP contribution in [0.3, 0.4) is 0 Å². The first-order valence-corrected chi connectivity index (χ1v) is 10.5. The molecular weight excluding hydrogens is 524 g/mol. The Morgan fingerprint density at radius 1 is 0.654 bits per heavy atom. The number of benzene rings is 4. The van der Waals surface area contributed by atoms with Crippen LogP contribution in [0, 0.1) is 6.92 Å². The molecular formula is C21H9Br3O2. The van der Waals surface area contributed by atoms with Gasteiger partial charge in [-0.15, -0.1) is 0 Å². The molecule has 0 amide bonds. The lowest BCUT2D eigenvalue weighted by Crippen LogP contribution is -1.96. The Bertz CT molecular complexity index is 1360. The second kappa shape index (κ2) is 5.03. The molecule has 0 aliphatic carbocycles. The van der Waals surface area contributed by atoms with E-state index in [1.165, 1.54) is 0 Å². The largest absolute Gasteiger partial charge is 0.456 e. The maximum Gasteiger partial charge on any atom is 0.150 e. The van der Waals surface area contributed by atoms with Gasteiger partial charge in [0.2, 0.25) is 0 Å². The quantitative estimate of drug-likeness (QED) is 0.144. The number of aryl methyl sites for hydroxylation is 1. The van der Waals surface area contributed by atoms with Crippen LogP contribution >= 0.6 is 47.8 Å². The average molecular weight is 533 g/mol. The third-order valence-electron chi connectivity index (χ3n) is 5.15. The topological polar surface area (TPSA) is 26.3 Å². The maximum absolute atomic E-state index is 6.40. The molecule has 2 nitrogen and oxygen atoms in total. The molecule has 6 rings (SSSR count). The van der Waals surface area contributed by atoms with Crippen LogP contribution in [0.5, 0.6) is 0 Å². The zero-order valence-corrected chi connectivity index (χ0v) is 18.2. The summed E-state index contributed by atoms with van der Waals surface area (Å²) in [5.74, 6) is 0. The number of hydrogen-bond acceptors (Lipinski definition) is 2. The first kappa shape index (κ1) is 15.5. The number of rotatable bonds is 0. The van der Waals surface area contributed by atoms with E-state index < -0.39 is 0 Å². The highest BCUT2D eigenvalue weighted by Gasteiger charge is 2.27. The molecule has 0 saturated heterocycles. The molecule has 5 heteroatoms. The number of hydrogen-bond donors (Lipinski definition) is 0. The Morgan fingerprint density at radius 3 is 1.85 bits per heavy atom. The third-order valence-corrected chi connectivity index (χ3v) is 7.05. The second-order valence-corrected chi connectivity index (χ2v) is 9.16. The van der Waals surface area contributed by atoms with Gasteiger partial charge in [-0.25, -0.2) is 0 Å². The molecule has 0 spiro atoms. The minimum absolute atomic E-state index is 0.839. The minimum atomic E-state index is 0.839. The van der Waals surface area contributed by atoms with Crippen molar-refractivity contribution in [2.24, 2.45) is 0 Å². The molecule has 126 valence electrons. The van der Waals surface area contributed by atoms with E-state index in [4.69, 9.17) is 8.83 Å². The summed E-state index contributed by atoms with van der Waals surface area (Å²) in [7, 11) is 0. The molecule has 0 aromatic heterocycles. The van der Waals surface area contributed by atoms with Crippen LogP contribution in [0.25, 0.3) is 55.0 Å². The summed E-state index contributed by atoms with van der Waals surface area (Å²) in [4.78, 5) is 0. The van der Waals surface area contributed by atoms with Crippen LogP contribution in [-0.2, 0) is 0 Å². The van der Waals surface area contributed by atoms with Gasteiger partial charge in [0.05, 0.1) is 4.47 Å². The van der Waals surface area contributed by atoms with Crippen molar-refractivity contribution in [2.45, 2.75) is 6.92 Å². The van der Waals surface area contributed by atoms with Crippen LogP contribution in [0.1, 0.15) is 5.56 Å². The van der Waals surface area contributed by atoms with Gasteiger partial charge in [-0.3, -0.25) is 0 Å². The molecule has 2 aliphatic rings. The van der Waals surface area contributed by atoms with Crippen molar-refractivity contribution in [3.05, 3.63) is 55.4 Å². The summed E-state index contributed by atoms with van der Waals surface area (Å²) in [6.07, 6.45) is 0. The normalized spacial score (nSPS) is 12.6.